The van der Waals surface area contributed by atoms with Crippen LogP contribution in [-0.2, 0) is 19.6 Å². The molecule has 3 aromatic rings. The van der Waals surface area contributed by atoms with Gasteiger partial charge in [-0.2, -0.15) is 14.7 Å². The van der Waals surface area contributed by atoms with E-state index >= 15 is 0 Å². The molecule has 5 rings (SSSR count). The molecule has 2 amide bonds. The van der Waals surface area contributed by atoms with Crippen LogP contribution >= 0.6 is 0 Å². The molecule has 1 fully saturated rings. The molecule has 0 bridgehead atoms. The van der Waals surface area contributed by atoms with Crippen LogP contribution in [0.5, 0.6) is 0 Å². The van der Waals surface area contributed by atoms with E-state index in [0.29, 0.717) is 35.5 Å². The van der Waals surface area contributed by atoms with E-state index in [0.717, 1.165) is 29.8 Å². The first-order valence-electron chi connectivity index (χ1n) is 13.6. The summed E-state index contributed by atoms with van der Waals surface area (Å²) in [7, 11) is -3.60. The number of hydrogen-bond acceptors (Lipinski definition) is 6. The van der Waals surface area contributed by atoms with Gasteiger partial charge in [0.15, 0.2) is 0 Å². The standard InChI is InChI=1S/C31H31N5O4S/c1-21(2)36-30(37)27(22(3)28(19-32)31(36)38)18-24-20-35(25-10-6-4-7-11-25)33-29(24)23-12-14-26(15-13-23)41(39,40)34-16-8-5-9-17-34/h4,6-7,10-15,18,20-21H,5,8-9,16-17H2,1-3H3/b27-18+. The molecule has 0 atom stereocenters. The summed E-state index contributed by atoms with van der Waals surface area (Å²) in [6.07, 6.45) is 6.16. The first-order chi connectivity index (χ1) is 19.6. The van der Waals surface area contributed by atoms with E-state index in [4.69, 9.17) is 5.10 Å². The number of amides is 2. The lowest BCUT2D eigenvalue weighted by atomic mass is 9.92. The van der Waals surface area contributed by atoms with Crippen LogP contribution in [0.3, 0.4) is 0 Å². The fourth-order valence-corrected chi connectivity index (χ4v) is 6.71. The van der Waals surface area contributed by atoms with Crippen molar-refractivity contribution in [3.05, 3.63) is 83.1 Å². The van der Waals surface area contributed by atoms with Crippen molar-refractivity contribution >= 4 is 27.9 Å². The van der Waals surface area contributed by atoms with Gasteiger partial charge in [-0.3, -0.25) is 14.5 Å². The third-order valence-corrected chi connectivity index (χ3v) is 9.35. The van der Waals surface area contributed by atoms with Crippen LogP contribution in [0, 0.1) is 11.3 Å². The number of piperidine rings is 1. The fourth-order valence-electron chi connectivity index (χ4n) is 5.19. The minimum atomic E-state index is -3.60. The average molecular weight is 570 g/mol. The van der Waals surface area contributed by atoms with Crippen LogP contribution in [0.1, 0.15) is 45.6 Å². The Morgan fingerprint density at radius 2 is 1.61 bits per heavy atom. The maximum Gasteiger partial charge on any atom is 0.271 e. The molecule has 2 aliphatic rings. The van der Waals surface area contributed by atoms with E-state index in [1.54, 1.807) is 62.0 Å². The highest BCUT2D eigenvalue weighted by Crippen LogP contribution is 2.32. The Hall–Kier alpha value is -4.33. The van der Waals surface area contributed by atoms with Crippen LogP contribution in [-0.4, -0.2) is 58.3 Å². The summed E-state index contributed by atoms with van der Waals surface area (Å²) in [5, 5.41) is 14.5. The number of hydrogen-bond donors (Lipinski definition) is 0. The maximum atomic E-state index is 13.5. The van der Waals surface area contributed by atoms with Gasteiger partial charge in [-0.15, -0.1) is 0 Å². The van der Waals surface area contributed by atoms with Gasteiger partial charge in [0.1, 0.15) is 11.6 Å². The zero-order valence-corrected chi connectivity index (χ0v) is 24.1. The van der Waals surface area contributed by atoms with Crippen molar-refractivity contribution < 1.29 is 18.0 Å². The maximum absolute atomic E-state index is 13.5. The Bertz CT molecular complexity index is 1710. The molecule has 1 aromatic heterocycles. The fraction of sp³-hybridized carbons (Fsp3) is 0.290. The topological polar surface area (TPSA) is 116 Å². The number of nitriles is 1. The predicted octanol–water partition coefficient (Wildman–Crippen LogP) is 4.71. The first kappa shape index (κ1) is 28.2. The van der Waals surface area contributed by atoms with Crippen LogP contribution in [0.4, 0.5) is 0 Å². The summed E-state index contributed by atoms with van der Waals surface area (Å²) in [6.45, 7) is 6.08. The summed E-state index contributed by atoms with van der Waals surface area (Å²) in [5.41, 5.74) is 3.02. The molecule has 2 aromatic carbocycles. The molecule has 2 aliphatic heterocycles. The predicted molar refractivity (Wildman–Crippen MR) is 155 cm³/mol. The van der Waals surface area contributed by atoms with E-state index in [1.165, 1.54) is 4.31 Å². The Labute approximate surface area is 240 Å². The van der Waals surface area contributed by atoms with Crippen LogP contribution in [0.15, 0.2) is 82.4 Å². The third kappa shape index (κ3) is 5.26. The minimum Gasteiger partial charge on any atom is -0.271 e. The Balaban J connectivity index is 1.62. The van der Waals surface area contributed by atoms with E-state index in [9.17, 15) is 23.3 Å². The molecule has 0 aliphatic carbocycles. The SMILES string of the molecule is CC1=C(C#N)C(=O)N(C(C)C)C(=O)/C1=C/c1cn(-c2ccccc2)nc1-c1ccc(S(=O)(=O)N2CCCCC2)cc1. The summed E-state index contributed by atoms with van der Waals surface area (Å²) in [6, 6.07) is 17.6. The molecule has 1 saturated heterocycles. The Morgan fingerprint density at radius 3 is 2.22 bits per heavy atom. The number of sulfonamides is 1. The van der Waals surface area contributed by atoms with Gasteiger partial charge in [0.2, 0.25) is 10.0 Å². The van der Waals surface area contributed by atoms with E-state index in [2.05, 4.69) is 0 Å². The molecule has 41 heavy (non-hydrogen) atoms. The average Bonchev–Trinajstić information content (AvgIpc) is 3.40. The number of benzene rings is 2. The highest BCUT2D eigenvalue weighted by Gasteiger charge is 2.37. The van der Waals surface area contributed by atoms with E-state index in [1.807, 2.05) is 36.4 Å². The van der Waals surface area contributed by atoms with Crippen molar-refractivity contribution in [3.63, 3.8) is 0 Å². The lowest BCUT2D eigenvalue weighted by molar-refractivity contribution is -0.142. The number of nitrogens with zero attached hydrogens (tertiary/aromatic N) is 5. The number of rotatable bonds is 6. The Kier molecular flexibility index (Phi) is 7.76. The summed E-state index contributed by atoms with van der Waals surface area (Å²) in [4.78, 5) is 27.6. The van der Waals surface area contributed by atoms with Crippen molar-refractivity contribution in [3.8, 4) is 23.0 Å². The highest BCUT2D eigenvalue weighted by molar-refractivity contribution is 7.89. The van der Waals surface area contributed by atoms with Crippen LogP contribution in [0.25, 0.3) is 23.0 Å². The second-order valence-electron chi connectivity index (χ2n) is 10.4. The van der Waals surface area contributed by atoms with E-state index < -0.39 is 27.9 Å². The van der Waals surface area contributed by atoms with Crippen molar-refractivity contribution in [1.82, 2.24) is 19.0 Å². The van der Waals surface area contributed by atoms with Gasteiger partial charge in [0, 0.05) is 42.0 Å². The molecule has 0 spiro atoms. The molecule has 10 heteroatoms. The van der Waals surface area contributed by atoms with Gasteiger partial charge < -0.3 is 0 Å². The number of aromatic nitrogens is 2. The normalized spacial score (nSPS) is 17.9. The van der Waals surface area contributed by atoms with Gasteiger partial charge in [0.25, 0.3) is 11.8 Å². The lowest BCUT2D eigenvalue weighted by Gasteiger charge is -2.30. The number of para-hydroxylation sites is 1. The van der Waals surface area contributed by atoms with Gasteiger partial charge in [-0.05, 0) is 69.5 Å². The third-order valence-electron chi connectivity index (χ3n) is 7.43. The van der Waals surface area contributed by atoms with Crippen LogP contribution in [0.2, 0.25) is 0 Å². The quantitative estimate of drug-likeness (QED) is 0.313. The summed E-state index contributed by atoms with van der Waals surface area (Å²) >= 11 is 0. The number of carbonyl (C=O) groups excluding carboxylic acids is 2. The minimum absolute atomic E-state index is 0.0752. The Morgan fingerprint density at radius 1 is 0.951 bits per heavy atom. The second-order valence-corrected chi connectivity index (χ2v) is 12.4. The van der Waals surface area contributed by atoms with Gasteiger partial charge >= 0.3 is 0 Å². The number of imide groups is 1. The number of carbonyl (C=O) groups is 2. The molecule has 9 nitrogen and oxygen atoms in total. The molecule has 0 saturated carbocycles. The largest absolute Gasteiger partial charge is 0.271 e. The molecule has 3 heterocycles. The zero-order chi connectivity index (χ0) is 29.3. The van der Waals surface area contributed by atoms with Gasteiger partial charge in [0.05, 0.1) is 16.3 Å². The molecule has 0 N–H and O–H groups in total. The van der Waals surface area contributed by atoms with Gasteiger partial charge in [-0.25, -0.2) is 13.1 Å². The highest BCUT2D eigenvalue weighted by atomic mass is 32.2. The van der Waals surface area contributed by atoms with Crippen molar-refractivity contribution in [2.24, 2.45) is 0 Å². The van der Waals surface area contributed by atoms with Crippen molar-refractivity contribution in [1.29, 1.82) is 5.26 Å². The molecular formula is C31H31N5O4S. The summed E-state index contributed by atoms with van der Waals surface area (Å²) < 4.78 is 29.6. The van der Waals surface area contributed by atoms with Crippen molar-refractivity contribution in [2.45, 2.75) is 51.0 Å². The van der Waals surface area contributed by atoms with Crippen LogP contribution < -0.4 is 0 Å². The molecule has 210 valence electrons. The summed E-state index contributed by atoms with van der Waals surface area (Å²) in [5.74, 6) is -1.09. The molecule has 0 unspecified atom stereocenters. The van der Waals surface area contributed by atoms with Crippen molar-refractivity contribution in [2.75, 3.05) is 13.1 Å². The second kappa shape index (κ2) is 11.3. The smallest absolute Gasteiger partial charge is 0.271 e. The zero-order valence-electron chi connectivity index (χ0n) is 23.2. The monoisotopic (exact) mass is 569 g/mol. The van der Waals surface area contributed by atoms with Gasteiger partial charge in [-0.1, -0.05) is 36.8 Å². The van der Waals surface area contributed by atoms with E-state index in [-0.39, 0.29) is 16.0 Å². The first-order valence-corrected chi connectivity index (χ1v) is 15.0. The molecule has 0 radical (unpaired) electrons. The lowest BCUT2D eigenvalue weighted by Crippen LogP contribution is -2.46. The molecular weight excluding hydrogens is 538 g/mol.